The predicted molar refractivity (Wildman–Crippen MR) is 117 cm³/mol. The summed E-state index contributed by atoms with van der Waals surface area (Å²) in [7, 11) is 0. The summed E-state index contributed by atoms with van der Waals surface area (Å²) < 4.78 is 0. The quantitative estimate of drug-likeness (QED) is 0.801. The fourth-order valence-electron chi connectivity index (χ4n) is 4.04. The van der Waals surface area contributed by atoms with Gasteiger partial charge in [-0.2, -0.15) is 0 Å². The molecule has 1 amide bonds. The molecule has 3 heterocycles. The van der Waals surface area contributed by atoms with Gasteiger partial charge in [0.1, 0.15) is 0 Å². The summed E-state index contributed by atoms with van der Waals surface area (Å²) in [5, 5.41) is 8.86. The number of benzene rings is 1. The summed E-state index contributed by atoms with van der Waals surface area (Å²) in [6.07, 6.45) is 2.47. The number of nitrogens with zero attached hydrogens (tertiary/aromatic N) is 5. The van der Waals surface area contributed by atoms with Gasteiger partial charge in [-0.1, -0.05) is 32.9 Å². The molecule has 0 saturated carbocycles. The molecule has 6 nitrogen and oxygen atoms in total. The molecule has 0 radical (unpaired) electrons. The van der Waals surface area contributed by atoms with Crippen molar-refractivity contribution < 1.29 is 4.79 Å². The minimum Gasteiger partial charge on any atom is -0.355 e. The SMILES string of the molecule is CC(C)(C)c1ccc(C(=O)N2CCN(c3ccc(N4CCCC4)nn3)CC2)cc1. The highest BCUT2D eigenvalue weighted by molar-refractivity contribution is 5.94. The standard InChI is InChI=1S/C23H31N5O/c1-23(2,3)19-8-6-18(7-9-19)22(29)28-16-14-27(15-17-28)21-11-10-20(24-25-21)26-12-4-5-13-26/h6-11H,4-5,12-17H2,1-3H3. The van der Waals surface area contributed by atoms with Crippen LogP contribution < -0.4 is 9.80 Å². The number of hydrogen-bond acceptors (Lipinski definition) is 5. The summed E-state index contributed by atoms with van der Waals surface area (Å²) in [6, 6.07) is 12.2. The highest BCUT2D eigenvalue weighted by Gasteiger charge is 2.24. The second kappa shape index (κ2) is 8.01. The summed E-state index contributed by atoms with van der Waals surface area (Å²) in [5.74, 6) is 1.98. The Morgan fingerprint density at radius 1 is 0.759 bits per heavy atom. The molecule has 2 aliphatic heterocycles. The molecular weight excluding hydrogens is 362 g/mol. The third-order valence-corrected chi connectivity index (χ3v) is 5.96. The molecule has 0 unspecified atom stereocenters. The van der Waals surface area contributed by atoms with Crippen LogP contribution in [-0.2, 0) is 5.41 Å². The van der Waals surface area contributed by atoms with E-state index < -0.39 is 0 Å². The zero-order valence-corrected chi connectivity index (χ0v) is 17.8. The van der Waals surface area contributed by atoms with Gasteiger partial charge in [0, 0.05) is 44.8 Å². The average Bonchev–Trinajstić information content (AvgIpc) is 3.28. The van der Waals surface area contributed by atoms with Crippen LogP contribution in [0.5, 0.6) is 0 Å². The topological polar surface area (TPSA) is 52.6 Å². The van der Waals surface area contributed by atoms with E-state index in [-0.39, 0.29) is 11.3 Å². The lowest BCUT2D eigenvalue weighted by Gasteiger charge is -2.35. The van der Waals surface area contributed by atoms with Crippen molar-refractivity contribution in [1.29, 1.82) is 0 Å². The molecule has 1 aromatic carbocycles. The Morgan fingerprint density at radius 2 is 1.28 bits per heavy atom. The van der Waals surface area contributed by atoms with Crippen molar-refractivity contribution >= 4 is 17.5 Å². The maximum Gasteiger partial charge on any atom is 0.253 e. The van der Waals surface area contributed by atoms with Gasteiger partial charge in [0.05, 0.1) is 0 Å². The van der Waals surface area contributed by atoms with Crippen molar-refractivity contribution in [2.24, 2.45) is 0 Å². The average molecular weight is 394 g/mol. The fourth-order valence-corrected chi connectivity index (χ4v) is 4.04. The summed E-state index contributed by atoms with van der Waals surface area (Å²) in [5.41, 5.74) is 2.11. The van der Waals surface area contributed by atoms with Crippen LogP contribution in [0.3, 0.4) is 0 Å². The monoisotopic (exact) mass is 393 g/mol. The smallest absolute Gasteiger partial charge is 0.253 e. The van der Waals surface area contributed by atoms with E-state index >= 15 is 0 Å². The van der Waals surface area contributed by atoms with Gasteiger partial charge >= 0.3 is 0 Å². The molecule has 1 aromatic heterocycles. The molecule has 2 aliphatic rings. The summed E-state index contributed by atoms with van der Waals surface area (Å²) in [6.45, 7) is 11.7. The highest BCUT2D eigenvalue weighted by atomic mass is 16.2. The lowest BCUT2D eigenvalue weighted by molar-refractivity contribution is 0.0746. The van der Waals surface area contributed by atoms with Gasteiger partial charge < -0.3 is 14.7 Å². The summed E-state index contributed by atoms with van der Waals surface area (Å²) in [4.78, 5) is 19.3. The first-order chi connectivity index (χ1) is 13.9. The van der Waals surface area contributed by atoms with Crippen molar-refractivity contribution in [2.75, 3.05) is 49.1 Å². The predicted octanol–water partition coefficient (Wildman–Crippen LogP) is 3.34. The molecular formula is C23H31N5O. The number of piperazine rings is 1. The molecule has 6 heteroatoms. The molecule has 0 aliphatic carbocycles. The van der Waals surface area contributed by atoms with E-state index in [1.165, 1.54) is 18.4 Å². The van der Waals surface area contributed by atoms with Gasteiger partial charge in [-0.15, -0.1) is 10.2 Å². The number of carbonyl (C=O) groups excluding carboxylic acids is 1. The van der Waals surface area contributed by atoms with Crippen molar-refractivity contribution in [3.63, 3.8) is 0 Å². The number of hydrogen-bond donors (Lipinski definition) is 0. The Morgan fingerprint density at radius 3 is 1.76 bits per heavy atom. The van der Waals surface area contributed by atoms with E-state index in [9.17, 15) is 4.79 Å². The zero-order valence-electron chi connectivity index (χ0n) is 17.8. The third kappa shape index (κ3) is 4.36. The maximum atomic E-state index is 12.9. The number of amides is 1. The molecule has 154 valence electrons. The van der Waals surface area contributed by atoms with E-state index in [0.717, 1.165) is 43.4 Å². The van der Waals surface area contributed by atoms with Crippen LogP contribution in [-0.4, -0.2) is 60.3 Å². The van der Waals surface area contributed by atoms with Gasteiger partial charge in [-0.3, -0.25) is 4.79 Å². The lowest BCUT2D eigenvalue weighted by Crippen LogP contribution is -2.49. The Labute approximate surface area is 173 Å². The largest absolute Gasteiger partial charge is 0.355 e. The fraction of sp³-hybridized carbons (Fsp3) is 0.522. The van der Waals surface area contributed by atoms with Gasteiger partial charge in [-0.05, 0) is 48.1 Å². The Hall–Kier alpha value is -2.63. The Balaban J connectivity index is 1.34. The van der Waals surface area contributed by atoms with Crippen LogP contribution in [0.25, 0.3) is 0 Å². The van der Waals surface area contributed by atoms with Crippen LogP contribution in [0.15, 0.2) is 36.4 Å². The van der Waals surface area contributed by atoms with E-state index in [1.807, 2.05) is 17.0 Å². The van der Waals surface area contributed by atoms with Crippen molar-refractivity contribution in [3.05, 3.63) is 47.5 Å². The molecule has 0 atom stereocenters. The first-order valence-electron chi connectivity index (χ1n) is 10.7. The molecule has 2 aromatic rings. The first kappa shape index (κ1) is 19.7. The van der Waals surface area contributed by atoms with Crippen LogP contribution in [0.1, 0.15) is 49.5 Å². The molecule has 0 spiro atoms. The molecule has 0 bridgehead atoms. The molecule has 4 rings (SSSR count). The highest BCUT2D eigenvalue weighted by Crippen LogP contribution is 2.23. The Kier molecular flexibility index (Phi) is 5.43. The number of anilines is 2. The van der Waals surface area contributed by atoms with Gasteiger partial charge in [-0.25, -0.2) is 0 Å². The second-order valence-corrected chi connectivity index (χ2v) is 9.05. The second-order valence-electron chi connectivity index (χ2n) is 9.05. The van der Waals surface area contributed by atoms with E-state index in [2.05, 4.69) is 65.0 Å². The minimum atomic E-state index is 0.0958. The molecule has 2 fully saturated rings. The van der Waals surface area contributed by atoms with Crippen LogP contribution >= 0.6 is 0 Å². The zero-order chi connectivity index (χ0) is 20.4. The Bertz CT molecular complexity index is 827. The molecule has 29 heavy (non-hydrogen) atoms. The van der Waals surface area contributed by atoms with Gasteiger partial charge in [0.15, 0.2) is 11.6 Å². The van der Waals surface area contributed by atoms with E-state index in [0.29, 0.717) is 13.1 Å². The molecule has 0 N–H and O–H groups in total. The molecule has 2 saturated heterocycles. The third-order valence-electron chi connectivity index (χ3n) is 5.96. The number of aromatic nitrogens is 2. The summed E-state index contributed by atoms with van der Waals surface area (Å²) >= 11 is 0. The van der Waals surface area contributed by atoms with Crippen LogP contribution in [0, 0.1) is 0 Å². The van der Waals surface area contributed by atoms with Gasteiger partial charge in [0.25, 0.3) is 5.91 Å². The van der Waals surface area contributed by atoms with Crippen LogP contribution in [0.2, 0.25) is 0 Å². The van der Waals surface area contributed by atoms with Crippen LogP contribution in [0.4, 0.5) is 11.6 Å². The maximum absolute atomic E-state index is 12.9. The minimum absolute atomic E-state index is 0.0958. The van der Waals surface area contributed by atoms with E-state index in [4.69, 9.17) is 0 Å². The first-order valence-corrected chi connectivity index (χ1v) is 10.7. The van der Waals surface area contributed by atoms with Crippen molar-refractivity contribution in [2.45, 2.75) is 39.0 Å². The van der Waals surface area contributed by atoms with Crippen molar-refractivity contribution in [3.8, 4) is 0 Å². The lowest BCUT2D eigenvalue weighted by atomic mass is 9.86. The number of rotatable bonds is 3. The normalized spacial score (nSPS) is 17.7. The van der Waals surface area contributed by atoms with Crippen molar-refractivity contribution in [1.82, 2.24) is 15.1 Å². The van der Waals surface area contributed by atoms with Gasteiger partial charge in [0.2, 0.25) is 0 Å². The number of carbonyl (C=O) groups is 1. The van der Waals surface area contributed by atoms with E-state index in [1.54, 1.807) is 0 Å².